The van der Waals surface area contributed by atoms with Crippen molar-refractivity contribution in [3.63, 3.8) is 0 Å². The van der Waals surface area contributed by atoms with Crippen LogP contribution in [0.1, 0.15) is 6.42 Å². The van der Waals surface area contributed by atoms with Crippen LogP contribution in [0.5, 0.6) is 0 Å². The summed E-state index contributed by atoms with van der Waals surface area (Å²) in [4.78, 5) is 0. The molecular weight excluding hydrogens is 250 g/mol. The molecule has 0 N–H and O–H groups in total. The molecule has 0 nitrogen and oxygen atoms in total. The summed E-state index contributed by atoms with van der Waals surface area (Å²) in [7, 11) is 1.49. The molecule has 0 aromatic carbocycles. The molecule has 9 heavy (non-hydrogen) atoms. The van der Waals surface area contributed by atoms with E-state index in [0.717, 1.165) is 0 Å². The van der Waals surface area contributed by atoms with E-state index >= 15 is 0 Å². The SMILES string of the molecule is [Cl-].[Cl-].[SiH3][Zr+2][C]1=CC=CC1. The zero-order chi connectivity index (χ0) is 5.11. The molecule has 0 saturated heterocycles. The van der Waals surface area contributed by atoms with Crippen LogP contribution in [-0.4, -0.2) is 7.37 Å². The average Bonchev–Trinajstić information content (AvgIpc) is 2.14. The van der Waals surface area contributed by atoms with Gasteiger partial charge in [0.05, 0.1) is 0 Å². The number of allylic oxidation sites excluding steroid dienone is 4. The Kier molecular flexibility index (Phi) is 10.3. The van der Waals surface area contributed by atoms with Crippen LogP contribution < -0.4 is 24.8 Å². The van der Waals surface area contributed by atoms with E-state index in [1.807, 2.05) is 0 Å². The summed E-state index contributed by atoms with van der Waals surface area (Å²) >= 11 is 0.0981. The molecule has 0 radical (unpaired) electrons. The van der Waals surface area contributed by atoms with Crippen molar-refractivity contribution in [2.24, 2.45) is 0 Å². The third-order valence-corrected chi connectivity index (χ3v) is 7.38. The maximum absolute atomic E-state index is 2.30. The Bertz CT molecular complexity index is 122. The second-order valence-electron chi connectivity index (χ2n) is 1.57. The first-order valence-electron chi connectivity index (χ1n) is 2.47. The van der Waals surface area contributed by atoms with E-state index in [4.69, 9.17) is 0 Å². The van der Waals surface area contributed by atoms with E-state index in [1.165, 1.54) is 13.8 Å². The van der Waals surface area contributed by atoms with Crippen LogP contribution in [0.15, 0.2) is 21.5 Å². The molecule has 0 spiro atoms. The zero-order valence-corrected chi connectivity index (χ0v) is 11.2. The molecular formula is C5H8Cl2SiZr. The number of hydrogen-bond acceptors (Lipinski definition) is 0. The van der Waals surface area contributed by atoms with Crippen molar-refractivity contribution < 1.29 is 47.2 Å². The quantitative estimate of drug-likeness (QED) is 0.411. The minimum atomic E-state index is 0. The summed E-state index contributed by atoms with van der Waals surface area (Å²) < 4.78 is 1.79. The van der Waals surface area contributed by atoms with Crippen molar-refractivity contribution in [2.45, 2.75) is 6.42 Å². The molecule has 0 saturated carbocycles. The molecule has 0 fully saturated rings. The van der Waals surface area contributed by atoms with Gasteiger partial charge in [0, 0.05) is 0 Å². The van der Waals surface area contributed by atoms with Gasteiger partial charge in [0.15, 0.2) is 0 Å². The first-order valence-corrected chi connectivity index (χ1v) is 12.1. The molecule has 0 aromatic heterocycles. The predicted molar refractivity (Wildman–Crippen MR) is 31.8 cm³/mol. The topological polar surface area (TPSA) is 0 Å². The van der Waals surface area contributed by atoms with Gasteiger partial charge in [-0.15, -0.1) is 0 Å². The summed E-state index contributed by atoms with van der Waals surface area (Å²) in [6.45, 7) is 0. The summed E-state index contributed by atoms with van der Waals surface area (Å²) in [6.07, 6.45) is 8.05. The number of halogens is 2. The predicted octanol–water partition coefficient (Wildman–Crippen LogP) is -5.80. The third kappa shape index (κ3) is 4.55. The molecule has 1 aliphatic rings. The minimum absolute atomic E-state index is 0. The fourth-order valence-corrected chi connectivity index (χ4v) is 4.26. The van der Waals surface area contributed by atoms with E-state index in [-0.39, 0.29) is 47.2 Å². The molecule has 1 rings (SSSR count). The summed E-state index contributed by atoms with van der Waals surface area (Å²) in [5.74, 6) is 0. The monoisotopic (exact) mass is 256 g/mol. The number of rotatable bonds is 1. The molecule has 0 heterocycles. The normalized spacial score (nSPS) is 13.1. The van der Waals surface area contributed by atoms with Crippen molar-refractivity contribution in [1.82, 2.24) is 0 Å². The fraction of sp³-hybridized carbons (Fsp3) is 0.200. The molecule has 4 heteroatoms. The van der Waals surface area contributed by atoms with Crippen molar-refractivity contribution in [1.29, 1.82) is 0 Å². The van der Waals surface area contributed by atoms with E-state index in [9.17, 15) is 0 Å². The molecule has 0 aliphatic heterocycles. The summed E-state index contributed by atoms with van der Waals surface area (Å²) in [6, 6.07) is 0. The Labute approximate surface area is 81.9 Å². The zero-order valence-electron chi connectivity index (χ0n) is 5.20. The van der Waals surface area contributed by atoms with Gasteiger partial charge < -0.3 is 24.8 Å². The van der Waals surface area contributed by atoms with Crippen molar-refractivity contribution in [3.8, 4) is 0 Å². The van der Waals surface area contributed by atoms with Gasteiger partial charge in [0.2, 0.25) is 0 Å². The second kappa shape index (κ2) is 7.27. The Balaban J connectivity index is 0. The Morgan fingerprint density at radius 1 is 1.44 bits per heavy atom. The van der Waals surface area contributed by atoms with Crippen LogP contribution >= 0.6 is 0 Å². The first-order chi connectivity index (χ1) is 3.43. The van der Waals surface area contributed by atoms with Gasteiger partial charge in [-0.2, -0.15) is 0 Å². The van der Waals surface area contributed by atoms with Gasteiger partial charge in [-0.05, 0) is 0 Å². The second-order valence-corrected chi connectivity index (χ2v) is 7.34. The first kappa shape index (κ1) is 12.8. The molecule has 1 aliphatic carbocycles. The molecule has 50 valence electrons. The molecule has 0 bridgehead atoms. The van der Waals surface area contributed by atoms with Crippen LogP contribution in [-0.2, 0) is 22.4 Å². The molecule has 0 unspecified atom stereocenters. The van der Waals surface area contributed by atoms with Crippen LogP contribution in [0.2, 0.25) is 0 Å². The third-order valence-electron chi connectivity index (χ3n) is 1.09. The Morgan fingerprint density at radius 3 is 2.33 bits per heavy atom. The van der Waals surface area contributed by atoms with Crippen molar-refractivity contribution >= 4 is 7.37 Å². The van der Waals surface area contributed by atoms with E-state index in [0.29, 0.717) is 0 Å². The van der Waals surface area contributed by atoms with Crippen LogP contribution in [0.3, 0.4) is 0 Å². The Morgan fingerprint density at radius 2 is 2.11 bits per heavy atom. The maximum atomic E-state index is 2.30. The van der Waals surface area contributed by atoms with Crippen molar-refractivity contribution in [3.05, 3.63) is 21.5 Å². The molecule has 0 amide bonds. The number of hydrogen-bond donors (Lipinski definition) is 0. The van der Waals surface area contributed by atoms with Gasteiger partial charge in [-0.1, -0.05) is 0 Å². The van der Waals surface area contributed by atoms with Gasteiger partial charge in [0.25, 0.3) is 0 Å². The van der Waals surface area contributed by atoms with Crippen molar-refractivity contribution in [2.75, 3.05) is 0 Å². The van der Waals surface area contributed by atoms with E-state index in [2.05, 4.69) is 18.2 Å². The fourth-order valence-electron chi connectivity index (χ4n) is 0.633. The van der Waals surface area contributed by atoms with Gasteiger partial charge in [0.1, 0.15) is 0 Å². The van der Waals surface area contributed by atoms with Crippen LogP contribution in [0.4, 0.5) is 0 Å². The Hall–Kier alpha value is 1.16. The van der Waals surface area contributed by atoms with E-state index < -0.39 is 0 Å². The standard InChI is InChI=1S/C5H5.2ClH.H3Si.Zr/c1-2-4-5-3-1;;;;/h1-3H,4H2;2*1H;1H3;/q;;;;+2/p-2. The molecule has 0 aromatic rings. The summed E-state index contributed by atoms with van der Waals surface area (Å²) in [5.41, 5.74) is 0. The van der Waals surface area contributed by atoms with Crippen LogP contribution in [0, 0.1) is 0 Å². The van der Waals surface area contributed by atoms with Gasteiger partial charge in [-0.25, -0.2) is 0 Å². The molecule has 0 atom stereocenters. The summed E-state index contributed by atoms with van der Waals surface area (Å²) in [5, 5.41) is 0. The van der Waals surface area contributed by atoms with E-state index in [1.54, 1.807) is 3.28 Å². The average molecular weight is 258 g/mol. The van der Waals surface area contributed by atoms with Crippen LogP contribution in [0.25, 0.3) is 0 Å². The van der Waals surface area contributed by atoms with Gasteiger partial charge in [-0.3, -0.25) is 0 Å². The van der Waals surface area contributed by atoms with Gasteiger partial charge >= 0.3 is 57.7 Å².